The molecule has 1 aromatic heterocycles. The first-order chi connectivity index (χ1) is 17.9. The van der Waals surface area contributed by atoms with Crippen molar-refractivity contribution in [3.05, 3.63) is 71.0 Å². The van der Waals surface area contributed by atoms with Crippen LogP contribution in [0.25, 0.3) is 11.4 Å². The highest BCUT2D eigenvalue weighted by molar-refractivity contribution is 5.92. The third kappa shape index (κ3) is 6.12. The number of urea groups is 1. The van der Waals surface area contributed by atoms with Crippen molar-refractivity contribution in [1.29, 1.82) is 0 Å². The molecule has 0 atom stereocenters. The van der Waals surface area contributed by atoms with Crippen molar-refractivity contribution in [3.8, 4) is 11.4 Å². The van der Waals surface area contributed by atoms with E-state index in [1.165, 1.54) is 36.2 Å². The Balaban J connectivity index is 1.41. The van der Waals surface area contributed by atoms with Gasteiger partial charge in [0.2, 0.25) is 0 Å². The average Bonchev–Trinajstić information content (AvgIpc) is 3.24. The van der Waals surface area contributed by atoms with Gasteiger partial charge in [0.25, 0.3) is 0 Å². The molecule has 38 heavy (non-hydrogen) atoms. The van der Waals surface area contributed by atoms with Gasteiger partial charge in [-0.3, -0.25) is 9.80 Å². The number of aromatic nitrogens is 2. The first-order valence-corrected chi connectivity index (χ1v) is 12.0. The number of alkyl halides is 6. The van der Waals surface area contributed by atoms with Gasteiger partial charge in [0, 0.05) is 49.7 Å². The summed E-state index contributed by atoms with van der Waals surface area (Å²) >= 11 is 0. The zero-order valence-corrected chi connectivity index (χ0v) is 20.7. The molecule has 1 aliphatic rings. The summed E-state index contributed by atoms with van der Waals surface area (Å²) in [5, 5.41) is 2.57. The number of amides is 2. The summed E-state index contributed by atoms with van der Waals surface area (Å²) in [6.07, 6.45) is -7.67. The van der Waals surface area contributed by atoms with Gasteiger partial charge in [-0.25, -0.2) is 9.78 Å². The van der Waals surface area contributed by atoms with Gasteiger partial charge < -0.3 is 10.3 Å². The highest BCUT2D eigenvalue weighted by Crippen LogP contribution is 2.33. The number of aromatic amines is 1. The standard InChI is InChI=1S/C26H27F6N5O/c1-16-22(35-23(34-16)17-3-5-18(6-4-17)25(27,28)29)15-36-13-11-21(12-14-36)37(24(38)33-2)20-9-7-19(8-10-20)26(30,31)32/h3-10,21H,11-15H2,1-2H3,(H,33,38)(H,34,35). The Bertz CT molecular complexity index is 1240. The zero-order chi connectivity index (χ0) is 27.7. The van der Waals surface area contributed by atoms with Gasteiger partial charge in [-0.15, -0.1) is 0 Å². The maximum absolute atomic E-state index is 13.0. The molecule has 0 unspecified atom stereocenters. The molecular formula is C26H27F6N5O. The minimum absolute atomic E-state index is 0.203. The number of piperidine rings is 1. The topological polar surface area (TPSA) is 64.3 Å². The second-order valence-electron chi connectivity index (χ2n) is 9.21. The zero-order valence-electron chi connectivity index (χ0n) is 20.7. The number of hydrogen-bond acceptors (Lipinski definition) is 3. The van der Waals surface area contributed by atoms with Crippen LogP contribution < -0.4 is 10.2 Å². The molecule has 2 amide bonds. The summed E-state index contributed by atoms with van der Waals surface area (Å²) in [7, 11) is 1.48. The average molecular weight is 540 g/mol. The first kappa shape index (κ1) is 27.5. The van der Waals surface area contributed by atoms with Crippen LogP contribution >= 0.6 is 0 Å². The van der Waals surface area contributed by atoms with Gasteiger partial charge in [-0.05, 0) is 56.2 Å². The van der Waals surface area contributed by atoms with E-state index >= 15 is 0 Å². The number of aryl methyl sites for hydroxylation is 1. The fraction of sp³-hybridized carbons (Fsp3) is 0.385. The molecular weight excluding hydrogens is 512 g/mol. The molecule has 12 heteroatoms. The number of benzene rings is 2. The van der Waals surface area contributed by atoms with Crippen LogP contribution in [0.3, 0.4) is 0 Å². The van der Waals surface area contributed by atoms with E-state index in [0.717, 1.165) is 35.7 Å². The van der Waals surface area contributed by atoms with E-state index in [0.29, 0.717) is 49.6 Å². The van der Waals surface area contributed by atoms with Gasteiger partial charge in [0.05, 0.1) is 16.8 Å². The van der Waals surface area contributed by atoms with Crippen LogP contribution in [-0.4, -0.2) is 47.1 Å². The summed E-state index contributed by atoms with van der Waals surface area (Å²) in [6.45, 7) is 3.61. The van der Waals surface area contributed by atoms with Crippen LogP contribution in [0.5, 0.6) is 0 Å². The van der Waals surface area contributed by atoms with E-state index in [9.17, 15) is 31.1 Å². The Morgan fingerprint density at radius 1 is 0.974 bits per heavy atom. The fourth-order valence-corrected chi connectivity index (χ4v) is 4.58. The third-order valence-corrected chi connectivity index (χ3v) is 6.67. The Morgan fingerprint density at radius 3 is 2.00 bits per heavy atom. The molecule has 2 aromatic carbocycles. The van der Waals surface area contributed by atoms with Crippen molar-refractivity contribution in [2.24, 2.45) is 0 Å². The van der Waals surface area contributed by atoms with E-state index in [-0.39, 0.29) is 6.04 Å². The largest absolute Gasteiger partial charge is 0.416 e. The normalized spacial score (nSPS) is 15.5. The van der Waals surface area contributed by atoms with Crippen molar-refractivity contribution in [3.63, 3.8) is 0 Å². The Labute approximate surface area is 215 Å². The summed E-state index contributed by atoms with van der Waals surface area (Å²) in [5.41, 5.74) is 1.000. The molecule has 0 bridgehead atoms. The van der Waals surface area contributed by atoms with Crippen LogP contribution in [0.1, 0.15) is 35.4 Å². The Kier molecular flexibility index (Phi) is 7.73. The first-order valence-electron chi connectivity index (χ1n) is 12.0. The van der Waals surface area contributed by atoms with Crippen molar-refractivity contribution < 1.29 is 31.1 Å². The molecule has 0 saturated carbocycles. The van der Waals surface area contributed by atoms with Gasteiger partial charge in [-0.1, -0.05) is 12.1 Å². The molecule has 3 aromatic rings. The highest BCUT2D eigenvalue weighted by atomic mass is 19.4. The van der Waals surface area contributed by atoms with Crippen molar-refractivity contribution in [2.45, 2.75) is 44.7 Å². The van der Waals surface area contributed by atoms with E-state index in [4.69, 9.17) is 0 Å². The number of likely N-dealkylation sites (tertiary alicyclic amines) is 1. The quantitative estimate of drug-likeness (QED) is 0.378. The number of carbonyl (C=O) groups is 1. The molecule has 0 aliphatic carbocycles. The van der Waals surface area contributed by atoms with E-state index in [1.807, 2.05) is 6.92 Å². The Morgan fingerprint density at radius 2 is 1.50 bits per heavy atom. The summed E-state index contributed by atoms with van der Waals surface area (Å²) in [5.74, 6) is 0.481. The van der Waals surface area contributed by atoms with Crippen molar-refractivity contribution in [2.75, 3.05) is 25.0 Å². The van der Waals surface area contributed by atoms with Crippen LogP contribution in [0.15, 0.2) is 48.5 Å². The lowest BCUT2D eigenvalue weighted by Gasteiger charge is -2.38. The van der Waals surface area contributed by atoms with Gasteiger partial charge in [0.15, 0.2) is 0 Å². The summed E-state index contributed by atoms with van der Waals surface area (Å²) in [6, 6.07) is 8.75. The second-order valence-corrected chi connectivity index (χ2v) is 9.21. The summed E-state index contributed by atoms with van der Waals surface area (Å²) in [4.78, 5) is 24.0. The number of anilines is 1. The minimum Gasteiger partial charge on any atom is -0.342 e. The number of nitrogens with zero attached hydrogens (tertiary/aromatic N) is 3. The predicted molar refractivity (Wildman–Crippen MR) is 130 cm³/mol. The van der Waals surface area contributed by atoms with Crippen molar-refractivity contribution in [1.82, 2.24) is 20.2 Å². The third-order valence-electron chi connectivity index (χ3n) is 6.67. The number of H-pyrrole nitrogens is 1. The monoisotopic (exact) mass is 539 g/mol. The number of rotatable bonds is 5. The number of carbonyl (C=O) groups excluding carboxylic acids is 1. The fourth-order valence-electron chi connectivity index (χ4n) is 4.58. The molecule has 1 saturated heterocycles. The number of hydrogen-bond donors (Lipinski definition) is 2. The molecule has 4 rings (SSSR count). The van der Waals surface area contributed by atoms with Gasteiger partial charge in [-0.2, -0.15) is 26.3 Å². The molecule has 1 aliphatic heterocycles. The lowest BCUT2D eigenvalue weighted by Crippen LogP contribution is -2.50. The van der Waals surface area contributed by atoms with E-state index in [2.05, 4.69) is 20.2 Å². The Hall–Kier alpha value is -3.54. The highest BCUT2D eigenvalue weighted by Gasteiger charge is 2.33. The lowest BCUT2D eigenvalue weighted by atomic mass is 10.0. The molecule has 6 nitrogen and oxygen atoms in total. The molecule has 0 spiro atoms. The molecule has 2 heterocycles. The van der Waals surface area contributed by atoms with Gasteiger partial charge in [0.1, 0.15) is 5.82 Å². The van der Waals surface area contributed by atoms with Crippen LogP contribution in [0.2, 0.25) is 0 Å². The SMILES string of the molecule is CNC(=O)N(c1ccc(C(F)(F)F)cc1)C1CCN(Cc2nc(-c3ccc(C(F)(F)F)cc3)[nH]c2C)CC1. The maximum atomic E-state index is 13.0. The lowest BCUT2D eigenvalue weighted by molar-refractivity contribution is -0.138. The molecule has 204 valence electrons. The second kappa shape index (κ2) is 10.7. The number of imidazole rings is 1. The molecule has 1 fully saturated rings. The van der Waals surface area contributed by atoms with E-state index in [1.54, 1.807) is 0 Å². The van der Waals surface area contributed by atoms with Crippen molar-refractivity contribution >= 4 is 11.7 Å². The van der Waals surface area contributed by atoms with Crippen LogP contribution in [-0.2, 0) is 18.9 Å². The maximum Gasteiger partial charge on any atom is 0.416 e. The predicted octanol–water partition coefficient (Wildman–Crippen LogP) is 6.23. The number of halogens is 6. The van der Waals surface area contributed by atoms with Gasteiger partial charge >= 0.3 is 18.4 Å². The number of nitrogens with one attached hydrogen (secondary N) is 2. The summed E-state index contributed by atoms with van der Waals surface area (Å²) < 4.78 is 77.4. The molecule has 0 radical (unpaired) electrons. The molecule has 2 N–H and O–H groups in total. The smallest absolute Gasteiger partial charge is 0.342 e. The minimum atomic E-state index is -4.46. The van der Waals surface area contributed by atoms with Crippen LogP contribution in [0, 0.1) is 6.92 Å². The van der Waals surface area contributed by atoms with E-state index < -0.39 is 29.5 Å². The van der Waals surface area contributed by atoms with Crippen LogP contribution in [0.4, 0.5) is 36.8 Å².